The highest BCUT2D eigenvalue weighted by Gasteiger charge is 2.35. The Balaban J connectivity index is 2.18. The van der Waals surface area contributed by atoms with Gasteiger partial charge < -0.3 is 21.7 Å². The second-order valence-electron chi connectivity index (χ2n) is 9.84. The van der Waals surface area contributed by atoms with Gasteiger partial charge in [0.15, 0.2) is 0 Å². The van der Waals surface area contributed by atoms with Crippen molar-refractivity contribution in [2.75, 3.05) is 0 Å². The molecule has 2 aromatic rings. The molecule has 188 valence electrons. The fourth-order valence-electron chi connectivity index (χ4n) is 3.51. The summed E-state index contributed by atoms with van der Waals surface area (Å²) in [4.78, 5) is 66.5. The lowest BCUT2D eigenvalue weighted by Gasteiger charge is -2.31. The topological polar surface area (TPSA) is 160 Å². The molecule has 0 radical (unpaired) electrons. The van der Waals surface area contributed by atoms with Crippen molar-refractivity contribution in [3.05, 3.63) is 42.1 Å². The first kappa shape index (κ1) is 27.4. The third kappa shape index (κ3) is 6.84. The Morgan fingerprint density at radius 1 is 0.886 bits per heavy atom. The molecule has 0 saturated heterocycles. The van der Waals surface area contributed by atoms with Crippen LogP contribution in [-0.4, -0.2) is 52.5 Å². The number of hydrogen-bond acceptors (Lipinski definition) is 6. The fourth-order valence-corrected chi connectivity index (χ4v) is 3.51. The molecule has 10 nitrogen and oxygen atoms in total. The Morgan fingerprint density at radius 3 is 2.09 bits per heavy atom. The number of nitrogens with zero attached hydrogens (tertiary/aromatic N) is 1. The van der Waals surface area contributed by atoms with Crippen LogP contribution >= 0.6 is 0 Å². The van der Waals surface area contributed by atoms with Crippen LogP contribution in [0.3, 0.4) is 0 Å². The zero-order valence-corrected chi connectivity index (χ0v) is 20.8. The minimum atomic E-state index is -1.15. The Hall–Kier alpha value is -3.82. The molecular weight excluding hydrogens is 450 g/mol. The van der Waals surface area contributed by atoms with Crippen molar-refractivity contribution in [3.63, 3.8) is 0 Å². The first-order valence-electron chi connectivity index (χ1n) is 11.3. The minimum Gasteiger partial charge on any atom is -0.363 e. The molecule has 0 aliphatic rings. The van der Waals surface area contributed by atoms with Crippen LogP contribution in [0.5, 0.6) is 0 Å². The first-order chi connectivity index (χ1) is 16.2. The first-order valence-corrected chi connectivity index (χ1v) is 11.3. The lowest BCUT2D eigenvalue weighted by atomic mass is 9.85. The quantitative estimate of drug-likeness (QED) is 0.390. The van der Waals surface area contributed by atoms with Crippen molar-refractivity contribution in [1.29, 1.82) is 0 Å². The van der Waals surface area contributed by atoms with E-state index in [0.29, 0.717) is 16.5 Å². The molecule has 0 aliphatic carbocycles. The average molecular weight is 484 g/mol. The number of para-hydroxylation sites is 1. The number of ketones is 1. The van der Waals surface area contributed by atoms with Crippen LogP contribution in [0, 0.1) is 11.3 Å². The lowest BCUT2D eigenvalue weighted by Crippen LogP contribution is -2.59. The summed E-state index contributed by atoms with van der Waals surface area (Å²) in [5.41, 5.74) is 5.39. The van der Waals surface area contributed by atoms with Gasteiger partial charge in [0.2, 0.25) is 17.6 Å². The standard InChI is InChI=1S/C25H33N5O5/c1-13(2)18(19(31)21(26)32)29-22(33)14(3)28-24(35)20(25(4,5)6)30-23(34)16-11-12-27-17-10-8-7-9-15(16)17/h7-14,18,20H,1-6H3,(H2,26,32)(H,28,35)(H,29,33)(H,30,34). The van der Waals surface area contributed by atoms with Gasteiger partial charge in [0.05, 0.1) is 17.1 Å². The van der Waals surface area contributed by atoms with E-state index in [9.17, 15) is 24.0 Å². The van der Waals surface area contributed by atoms with Gasteiger partial charge in [-0.1, -0.05) is 52.8 Å². The minimum absolute atomic E-state index is 0.369. The normalized spacial score (nSPS) is 14.0. The highest BCUT2D eigenvalue weighted by molar-refractivity contribution is 6.38. The average Bonchev–Trinajstić information content (AvgIpc) is 2.78. The number of nitrogens with one attached hydrogen (secondary N) is 3. The summed E-state index contributed by atoms with van der Waals surface area (Å²) in [5, 5.41) is 8.48. The van der Waals surface area contributed by atoms with Crippen LogP contribution in [0.2, 0.25) is 0 Å². The zero-order chi connectivity index (χ0) is 26.5. The number of carbonyl (C=O) groups excluding carboxylic acids is 5. The third-order valence-electron chi connectivity index (χ3n) is 5.54. The second kappa shape index (κ2) is 11.1. The van der Waals surface area contributed by atoms with E-state index < -0.39 is 58.9 Å². The number of Topliss-reactive ketones (excluding diaryl/α,β-unsaturated/α-hetero) is 1. The smallest absolute Gasteiger partial charge is 0.287 e. The van der Waals surface area contributed by atoms with Gasteiger partial charge in [-0.25, -0.2) is 0 Å². The molecule has 1 aromatic heterocycles. The Morgan fingerprint density at radius 2 is 1.51 bits per heavy atom. The Kier molecular flexibility index (Phi) is 8.67. The van der Waals surface area contributed by atoms with Crippen molar-refractivity contribution in [1.82, 2.24) is 20.9 Å². The number of nitrogens with two attached hydrogens (primary N) is 1. The number of aromatic nitrogens is 1. The molecule has 3 unspecified atom stereocenters. The van der Waals surface area contributed by atoms with Crippen molar-refractivity contribution < 1.29 is 24.0 Å². The van der Waals surface area contributed by atoms with Crippen molar-refractivity contribution in [2.45, 2.75) is 59.7 Å². The number of primary amides is 1. The van der Waals surface area contributed by atoms with Crippen LogP contribution in [0.1, 0.15) is 51.9 Å². The fraction of sp³-hybridized carbons (Fsp3) is 0.440. The van der Waals surface area contributed by atoms with Gasteiger partial charge >= 0.3 is 0 Å². The lowest BCUT2D eigenvalue weighted by molar-refractivity contribution is -0.139. The molecule has 5 N–H and O–H groups in total. The molecule has 0 spiro atoms. The van der Waals surface area contributed by atoms with E-state index in [2.05, 4.69) is 20.9 Å². The third-order valence-corrected chi connectivity index (χ3v) is 5.54. The number of rotatable bonds is 9. The van der Waals surface area contributed by atoms with E-state index in [1.165, 1.54) is 13.1 Å². The van der Waals surface area contributed by atoms with Crippen LogP contribution in [-0.2, 0) is 19.2 Å². The summed E-state index contributed by atoms with van der Waals surface area (Å²) in [6, 6.07) is 5.60. The molecule has 1 heterocycles. The highest BCUT2D eigenvalue weighted by Crippen LogP contribution is 2.22. The number of amides is 4. The van der Waals surface area contributed by atoms with E-state index >= 15 is 0 Å². The molecule has 1 aromatic carbocycles. The maximum Gasteiger partial charge on any atom is 0.287 e. The second-order valence-corrected chi connectivity index (χ2v) is 9.84. The predicted molar refractivity (Wildman–Crippen MR) is 131 cm³/mol. The van der Waals surface area contributed by atoms with Gasteiger partial charge in [0.1, 0.15) is 12.1 Å². The predicted octanol–water partition coefficient (Wildman–Crippen LogP) is 1.08. The Labute approximate surface area is 204 Å². The van der Waals surface area contributed by atoms with Crippen molar-refractivity contribution in [2.24, 2.45) is 17.1 Å². The zero-order valence-electron chi connectivity index (χ0n) is 20.8. The van der Waals surface area contributed by atoms with Crippen LogP contribution in [0.4, 0.5) is 0 Å². The molecule has 35 heavy (non-hydrogen) atoms. The molecule has 3 atom stereocenters. The number of benzene rings is 1. The van der Waals surface area contributed by atoms with Gasteiger partial charge in [0, 0.05) is 11.6 Å². The van der Waals surface area contributed by atoms with Crippen LogP contribution in [0.15, 0.2) is 36.5 Å². The monoisotopic (exact) mass is 483 g/mol. The number of carbonyl (C=O) groups is 5. The van der Waals surface area contributed by atoms with Gasteiger partial charge in [-0.2, -0.15) is 0 Å². The van der Waals surface area contributed by atoms with Gasteiger partial charge in [-0.15, -0.1) is 0 Å². The summed E-state index contributed by atoms with van der Waals surface area (Å²) >= 11 is 0. The molecule has 4 amide bonds. The number of hydrogen-bond donors (Lipinski definition) is 4. The van der Waals surface area contributed by atoms with Gasteiger partial charge in [-0.3, -0.25) is 29.0 Å². The highest BCUT2D eigenvalue weighted by atomic mass is 16.2. The molecular formula is C25H33N5O5. The van der Waals surface area contributed by atoms with Crippen LogP contribution < -0.4 is 21.7 Å². The maximum absolute atomic E-state index is 13.1. The van der Waals surface area contributed by atoms with Crippen molar-refractivity contribution in [3.8, 4) is 0 Å². The van der Waals surface area contributed by atoms with E-state index in [0.717, 1.165) is 0 Å². The summed E-state index contributed by atoms with van der Waals surface area (Å²) in [5.74, 6) is -4.16. The summed E-state index contributed by atoms with van der Waals surface area (Å²) < 4.78 is 0. The van der Waals surface area contributed by atoms with E-state index in [-0.39, 0.29) is 0 Å². The molecule has 0 bridgehead atoms. The molecule has 2 rings (SSSR count). The molecule has 0 aliphatic heterocycles. The summed E-state index contributed by atoms with van der Waals surface area (Å²) in [6.45, 7) is 10.1. The van der Waals surface area contributed by atoms with Gasteiger partial charge in [-0.05, 0) is 30.4 Å². The number of fused-ring (bicyclic) bond motifs is 1. The molecule has 10 heteroatoms. The van der Waals surface area contributed by atoms with Crippen LogP contribution in [0.25, 0.3) is 10.9 Å². The van der Waals surface area contributed by atoms with Gasteiger partial charge in [0.25, 0.3) is 11.8 Å². The summed E-state index contributed by atoms with van der Waals surface area (Å²) in [6.07, 6.45) is 1.52. The van der Waals surface area contributed by atoms with E-state index in [1.54, 1.807) is 58.9 Å². The SMILES string of the molecule is CC(NC(=O)C(NC(=O)c1ccnc2ccccc12)C(C)(C)C)C(=O)NC(C(=O)C(N)=O)C(C)C. The van der Waals surface area contributed by atoms with E-state index in [1.807, 2.05) is 6.07 Å². The Bertz CT molecular complexity index is 1130. The maximum atomic E-state index is 13.1. The number of pyridine rings is 1. The van der Waals surface area contributed by atoms with Crippen molar-refractivity contribution >= 4 is 40.3 Å². The largest absolute Gasteiger partial charge is 0.363 e. The van der Waals surface area contributed by atoms with E-state index in [4.69, 9.17) is 5.73 Å². The molecule has 0 fully saturated rings. The summed E-state index contributed by atoms with van der Waals surface area (Å²) in [7, 11) is 0. The molecule has 0 saturated carbocycles.